The summed E-state index contributed by atoms with van der Waals surface area (Å²) in [4.78, 5) is 28.7. The van der Waals surface area contributed by atoms with Gasteiger partial charge >= 0.3 is 0 Å². The summed E-state index contributed by atoms with van der Waals surface area (Å²) in [7, 11) is 0. The van der Waals surface area contributed by atoms with Crippen molar-refractivity contribution in [3.05, 3.63) is 58.9 Å². The van der Waals surface area contributed by atoms with Crippen LogP contribution in [0.3, 0.4) is 0 Å². The molecule has 1 aromatic heterocycles. The molecular weight excluding hydrogens is 302 g/mol. The number of rotatable bonds is 3. The second-order valence-corrected chi connectivity index (χ2v) is 6.91. The molecule has 0 fully saturated rings. The van der Waals surface area contributed by atoms with Crippen molar-refractivity contribution in [2.75, 3.05) is 5.32 Å². The van der Waals surface area contributed by atoms with Crippen molar-refractivity contribution in [1.82, 2.24) is 10.3 Å². The van der Waals surface area contributed by atoms with Gasteiger partial charge in [-0.05, 0) is 63.9 Å². The molecule has 0 saturated carbocycles. The van der Waals surface area contributed by atoms with Gasteiger partial charge in [-0.25, -0.2) is 0 Å². The highest BCUT2D eigenvalue weighted by atomic mass is 16.2. The summed E-state index contributed by atoms with van der Waals surface area (Å²) in [6.45, 7) is 9.60. The van der Waals surface area contributed by atoms with Crippen LogP contribution < -0.4 is 10.6 Å². The Labute approximate surface area is 142 Å². The van der Waals surface area contributed by atoms with E-state index in [1.165, 1.54) is 12.3 Å². The topological polar surface area (TPSA) is 71.1 Å². The average molecular weight is 325 g/mol. The van der Waals surface area contributed by atoms with Crippen molar-refractivity contribution in [2.24, 2.45) is 0 Å². The minimum Gasteiger partial charge on any atom is -0.347 e. The van der Waals surface area contributed by atoms with Crippen LogP contribution in [0.2, 0.25) is 0 Å². The highest BCUT2D eigenvalue weighted by Gasteiger charge is 2.17. The highest BCUT2D eigenvalue weighted by molar-refractivity contribution is 6.05. The van der Waals surface area contributed by atoms with Crippen molar-refractivity contribution in [3.8, 4) is 0 Å². The molecule has 2 N–H and O–H groups in total. The Hall–Kier alpha value is -2.69. The number of nitrogens with one attached hydrogen (secondary N) is 2. The van der Waals surface area contributed by atoms with Gasteiger partial charge in [-0.3, -0.25) is 14.6 Å². The number of hydrogen-bond acceptors (Lipinski definition) is 3. The molecule has 1 aromatic carbocycles. The maximum atomic E-state index is 12.4. The largest absolute Gasteiger partial charge is 0.347 e. The fraction of sp³-hybridized carbons (Fsp3) is 0.316. The minimum absolute atomic E-state index is 0.206. The van der Waals surface area contributed by atoms with Crippen molar-refractivity contribution < 1.29 is 9.59 Å². The Morgan fingerprint density at radius 1 is 1.00 bits per heavy atom. The van der Waals surface area contributed by atoms with E-state index >= 15 is 0 Å². The first kappa shape index (κ1) is 17.7. The van der Waals surface area contributed by atoms with Gasteiger partial charge in [0.2, 0.25) is 0 Å². The van der Waals surface area contributed by atoms with Gasteiger partial charge in [0.25, 0.3) is 11.8 Å². The van der Waals surface area contributed by atoms with Gasteiger partial charge in [0, 0.05) is 23.0 Å². The lowest BCUT2D eigenvalue weighted by Crippen LogP contribution is -2.40. The maximum absolute atomic E-state index is 12.4. The fourth-order valence-corrected chi connectivity index (χ4v) is 2.17. The number of aromatic nitrogens is 1. The molecule has 24 heavy (non-hydrogen) atoms. The first-order valence-corrected chi connectivity index (χ1v) is 7.83. The number of aryl methyl sites for hydroxylation is 2. The number of anilines is 1. The van der Waals surface area contributed by atoms with Crippen LogP contribution in [0.1, 0.15) is 52.7 Å². The molecule has 5 nitrogen and oxygen atoms in total. The standard InChI is InChI=1S/C19H23N3O2/c1-12-6-7-13(2)15(10-12)21-18(24)16-11-14(8-9-20-16)17(23)22-19(3,4)5/h6-11H,1-5H3,(H,21,24)(H,22,23). The summed E-state index contributed by atoms with van der Waals surface area (Å²) in [5.74, 6) is -0.570. The first-order valence-electron chi connectivity index (χ1n) is 7.83. The molecular formula is C19H23N3O2. The molecule has 5 heteroatoms. The quantitative estimate of drug-likeness (QED) is 0.907. The fourth-order valence-electron chi connectivity index (χ4n) is 2.17. The van der Waals surface area contributed by atoms with Gasteiger partial charge < -0.3 is 10.6 Å². The van der Waals surface area contributed by atoms with E-state index in [1.54, 1.807) is 6.07 Å². The molecule has 0 radical (unpaired) electrons. The Bertz CT molecular complexity index is 776. The average Bonchev–Trinajstić information content (AvgIpc) is 2.49. The number of hydrogen-bond donors (Lipinski definition) is 2. The second-order valence-electron chi connectivity index (χ2n) is 6.91. The summed E-state index contributed by atoms with van der Waals surface area (Å²) in [6.07, 6.45) is 1.47. The van der Waals surface area contributed by atoms with E-state index in [2.05, 4.69) is 15.6 Å². The maximum Gasteiger partial charge on any atom is 0.274 e. The molecule has 126 valence electrons. The lowest BCUT2D eigenvalue weighted by molar-refractivity contribution is 0.0919. The molecule has 0 aliphatic rings. The van der Waals surface area contributed by atoms with E-state index in [0.29, 0.717) is 5.56 Å². The van der Waals surface area contributed by atoms with Gasteiger partial charge in [-0.1, -0.05) is 12.1 Å². The van der Waals surface area contributed by atoms with Crippen molar-refractivity contribution >= 4 is 17.5 Å². The number of carbonyl (C=O) groups is 2. The number of carbonyl (C=O) groups excluding carboxylic acids is 2. The second kappa shape index (κ2) is 6.83. The lowest BCUT2D eigenvalue weighted by Gasteiger charge is -2.20. The van der Waals surface area contributed by atoms with Crippen LogP contribution in [0.25, 0.3) is 0 Å². The number of pyridine rings is 1. The molecule has 0 bridgehead atoms. The zero-order valence-corrected chi connectivity index (χ0v) is 14.7. The summed E-state index contributed by atoms with van der Waals surface area (Å²) < 4.78 is 0. The summed E-state index contributed by atoms with van der Waals surface area (Å²) >= 11 is 0. The van der Waals surface area contributed by atoms with Gasteiger partial charge in [-0.2, -0.15) is 0 Å². The SMILES string of the molecule is Cc1ccc(C)c(NC(=O)c2cc(C(=O)NC(C)(C)C)ccn2)c1. The first-order chi connectivity index (χ1) is 11.2. The normalized spacial score (nSPS) is 11.0. The molecule has 0 unspecified atom stereocenters. The monoisotopic (exact) mass is 325 g/mol. The van der Waals surface area contributed by atoms with Crippen LogP contribution in [0.4, 0.5) is 5.69 Å². The number of amides is 2. The summed E-state index contributed by atoms with van der Waals surface area (Å²) in [5.41, 5.74) is 3.04. The van der Waals surface area contributed by atoms with E-state index in [4.69, 9.17) is 0 Å². The number of benzene rings is 1. The molecule has 2 aromatic rings. The van der Waals surface area contributed by atoms with E-state index in [0.717, 1.165) is 16.8 Å². The Morgan fingerprint density at radius 2 is 1.71 bits per heavy atom. The Kier molecular flexibility index (Phi) is 5.02. The van der Waals surface area contributed by atoms with Crippen LogP contribution in [0, 0.1) is 13.8 Å². The van der Waals surface area contributed by atoms with Gasteiger partial charge in [0.05, 0.1) is 0 Å². The van der Waals surface area contributed by atoms with Crippen LogP contribution in [-0.2, 0) is 0 Å². The van der Waals surface area contributed by atoms with Crippen LogP contribution >= 0.6 is 0 Å². The van der Waals surface area contributed by atoms with Gasteiger partial charge in [-0.15, -0.1) is 0 Å². The molecule has 0 spiro atoms. The van der Waals surface area contributed by atoms with Gasteiger partial charge in [0.1, 0.15) is 5.69 Å². The van der Waals surface area contributed by atoms with E-state index < -0.39 is 0 Å². The van der Waals surface area contributed by atoms with Crippen LogP contribution in [0.15, 0.2) is 36.5 Å². The van der Waals surface area contributed by atoms with E-state index in [-0.39, 0.29) is 23.0 Å². The molecule has 0 aliphatic carbocycles. The molecule has 2 rings (SSSR count). The third-order valence-corrected chi connectivity index (χ3v) is 3.38. The number of nitrogens with zero attached hydrogens (tertiary/aromatic N) is 1. The van der Waals surface area contributed by atoms with Crippen molar-refractivity contribution in [3.63, 3.8) is 0 Å². The summed E-state index contributed by atoms with van der Waals surface area (Å²) in [6, 6.07) is 8.94. The molecule has 0 saturated heterocycles. The highest BCUT2D eigenvalue weighted by Crippen LogP contribution is 2.17. The zero-order valence-electron chi connectivity index (χ0n) is 14.7. The van der Waals surface area contributed by atoms with E-state index in [9.17, 15) is 9.59 Å². The predicted molar refractivity (Wildman–Crippen MR) is 95.3 cm³/mol. The smallest absolute Gasteiger partial charge is 0.274 e. The Morgan fingerprint density at radius 3 is 2.38 bits per heavy atom. The molecule has 1 heterocycles. The third kappa shape index (κ3) is 4.65. The third-order valence-electron chi connectivity index (χ3n) is 3.38. The molecule has 0 atom stereocenters. The summed E-state index contributed by atoms with van der Waals surface area (Å²) in [5, 5.41) is 5.72. The van der Waals surface area contributed by atoms with E-state index in [1.807, 2.05) is 52.8 Å². The van der Waals surface area contributed by atoms with Crippen molar-refractivity contribution in [2.45, 2.75) is 40.2 Å². The minimum atomic E-state index is -0.346. The lowest BCUT2D eigenvalue weighted by atomic mass is 10.1. The van der Waals surface area contributed by atoms with Gasteiger partial charge in [0.15, 0.2) is 0 Å². The van der Waals surface area contributed by atoms with Crippen LogP contribution in [0.5, 0.6) is 0 Å². The van der Waals surface area contributed by atoms with Crippen LogP contribution in [-0.4, -0.2) is 22.3 Å². The predicted octanol–water partition coefficient (Wildman–Crippen LogP) is 3.48. The molecule has 2 amide bonds. The Balaban J connectivity index is 2.20. The molecule has 0 aliphatic heterocycles. The van der Waals surface area contributed by atoms with Crippen molar-refractivity contribution in [1.29, 1.82) is 0 Å². The zero-order chi connectivity index (χ0) is 17.9.